The van der Waals surface area contributed by atoms with E-state index in [9.17, 15) is 0 Å². The van der Waals surface area contributed by atoms with Gasteiger partial charge < -0.3 is 15.7 Å². The average Bonchev–Trinajstić information content (AvgIpc) is 2.40. The van der Waals surface area contributed by atoms with Gasteiger partial charge in [0.25, 0.3) is 0 Å². The molecule has 1 atom stereocenters. The molecule has 0 spiro atoms. The van der Waals surface area contributed by atoms with E-state index in [1.807, 2.05) is 6.92 Å². The van der Waals surface area contributed by atoms with Crippen LogP contribution in [0.5, 0.6) is 0 Å². The Morgan fingerprint density at radius 2 is 2.00 bits per heavy atom. The zero-order valence-corrected chi connectivity index (χ0v) is 12.9. The Kier molecular flexibility index (Phi) is 5.21. The lowest BCUT2D eigenvalue weighted by molar-refractivity contribution is 0.188. The summed E-state index contributed by atoms with van der Waals surface area (Å²) in [6.45, 7) is 7.00. The SMILES string of the molecule is CC(N)c1cc(Br)ccc1N1CCN(CCO)CC1. The van der Waals surface area contributed by atoms with Crippen LogP contribution in [-0.2, 0) is 0 Å². The van der Waals surface area contributed by atoms with E-state index < -0.39 is 0 Å². The molecule has 2 rings (SSSR count). The number of halogens is 1. The molecule has 1 saturated heterocycles. The molecule has 1 aromatic rings. The van der Waals surface area contributed by atoms with Crippen LogP contribution in [0.15, 0.2) is 22.7 Å². The van der Waals surface area contributed by atoms with E-state index in [1.54, 1.807) is 0 Å². The predicted molar refractivity (Wildman–Crippen MR) is 82.5 cm³/mol. The molecule has 1 heterocycles. The van der Waals surface area contributed by atoms with E-state index in [0.29, 0.717) is 0 Å². The molecular formula is C14H22BrN3O. The van der Waals surface area contributed by atoms with Crippen molar-refractivity contribution >= 4 is 21.6 Å². The lowest BCUT2D eigenvalue weighted by Gasteiger charge is -2.37. The zero-order chi connectivity index (χ0) is 13.8. The second kappa shape index (κ2) is 6.70. The summed E-state index contributed by atoms with van der Waals surface area (Å²) in [6.07, 6.45) is 0. The van der Waals surface area contributed by atoms with Crippen molar-refractivity contribution in [2.45, 2.75) is 13.0 Å². The number of hydrogen-bond acceptors (Lipinski definition) is 4. The van der Waals surface area contributed by atoms with Crippen molar-refractivity contribution in [2.24, 2.45) is 5.73 Å². The second-order valence-electron chi connectivity index (χ2n) is 5.04. The van der Waals surface area contributed by atoms with Crippen LogP contribution < -0.4 is 10.6 Å². The summed E-state index contributed by atoms with van der Waals surface area (Å²) < 4.78 is 1.07. The van der Waals surface area contributed by atoms with Gasteiger partial charge in [-0.2, -0.15) is 0 Å². The normalized spacial score (nSPS) is 18.6. The smallest absolute Gasteiger partial charge is 0.0558 e. The van der Waals surface area contributed by atoms with E-state index in [1.165, 1.54) is 11.3 Å². The van der Waals surface area contributed by atoms with E-state index in [0.717, 1.165) is 37.2 Å². The molecular weight excluding hydrogens is 306 g/mol. The number of benzene rings is 1. The van der Waals surface area contributed by atoms with Crippen LogP contribution in [-0.4, -0.2) is 49.3 Å². The molecule has 0 radical (unpaired) electrons. The average molecular weight is 328 g/mol. The Bertz CT molecular complexity index is 417. The molecule has 0 aliphatic carbocycles. The number of anilines is 1. The Balaban J connectivity index is 2.11. The number of nitrogens with two attached hydrogens (primary N) is 1. The Hall–Kier alpha value is -0.620. The van der Waals surface area contributed by atoms with Crippen LogP contribution in [0.1, 0.15) is 18.5 Å². The second-order valence-corrected chi connectivity index (χ2v) is 5.96. The molecule has 19 heavy (non-hydrogen) atoms. The van der Waals surface area contributed by atoms with Crippen LogP contribution in [0.3, 0.4) is 0 Å². The quantitative estimate of drug-likeness (QED) is 0.881. The number of piperazine rings is 1. The molecule has 0 aromatic heterocycles. The third kappa shape index (κ3) is 3.69. The van der Waals surface area contributed by atoms with Crippen molar-refractivity contribution in [1.29, 1.82) is 0 Å². The van der Waals surface area contributed by atoms with Gasteiger partial charge in [-0.25, -0.2) is 0 Å². The van der Waals surface area contributed by atoms with Gasteiger partial charge in [0.2, 0.25) is 0 Å². The van der Waals surface area contributed by atoms with Gasteiger partial charge in [0.15, 0.2) is 0 Å². The summed E-state index contributed by atoms with van der Waals surface area (Å²) in [5, 5.41) is 8.97. The van der Waals surface area contributed by atoms with Crippen LogP contribution >= 0.6 is 15.9 Å². The maximum absolute atomic E-state index is 8.97. The highest BCUT2D eigenvalue weighted by Crippen LogP contribution is 2.29. The summed E-state index contributed by atoms with van der Waals surface area (Å²) in [5.74, 6) is 0. The standard InChI is InChI=1S/C14H22BrN3O/c1-11(16)13-10-12(15)2-3-14(13)18-6-4-17(5-7-18)8-9-19/h2-3,10-11,19H,4-9,16H2,1H3. The molecule has 1 aliphatic heterocycles. The minimum atomic E-state index is 0.0305. The third-order valence-electron chi connectivity index (χ3n) is 3.61. The highest BCUT2D eigenvalue weighted by molar-refractivity contribution is 9.10. The van der Waals surface area contributed by atoms with Gasteiger partial charge >= 0.3 is 0 Å². The van der Waals surface area contributed by atoms with E-state index >= 15 is 0 Å². The van der Waals surface area contributed by atoms with Gasteiger partial charge in [0.05, 0.1) is 6.61 Å². The fourth-order valence-electron chi connectivity index (χ4n) is 2.53. The van der Waals surface area contributed by atoms with Gasteiger partial charge in [0.1, 0.15) is 0 Å². The Morgan fingerprint density at radius 3 is 2.58 bits per heavy atom. The lowest BCUT2D eigenvalue weighted by Crippen LogP contribution is -2.47. The number of aliphatic hydroxyl groups is 1. The first-order valence-corrected chi connectivity index (χ1v) is 7.54. The molecule has 1 unspecified atom stereocenters. The minimum absolute atomic E-state index is 0.0305. The van der Waals surface area contributed by atoms with Crippen LogP contribution in [0, 0.1) is 0 Å². The third-order valence-corrected chi connectivity index (χ3v) is 4.10. The van der Waals surface area contributed by atoms with E-state index in [-0.39, 0.29) is 12.6 Å². The molecule has 4 nitrogen and oxygen atoms in total. The Labute approximate surface area is 123 Å². The molecule has 1 aliphatic rings. The molecule has 106 valence electrons. The number of β-amino-alcohol motifs (C(OH)–C–C–N with tert-alkyl or cyclic N) is 1. The molecule has 1 aromatic carbocycles. The lowest BCUT2D eigenvalue weighted by atomic mass is 10.1. The first-order valence-electron chi connectivity index (χ1n) is 6.75. The molecule has 0 bridgehead atoms. The van der Waals surface area contributed by atoms with Crippen LogP contribution in [0.25, 0.3) is 0 Å². The summed E-state index contributed by atoms with van der Waals surface area (Å²) in [7, 11) is 0. The van der Waals surface area contributed by atoms with Crippen molar-refractivity contribution in [1.82, 2.24) is 4.90 Å². The van der Waals surface area contributed by atoms with E-state index in [4.69, 9.17) is 10.8 Å². The first kappa shape index (κ1) is 14.8. The number of aliphatic hydroxyl groups excluding tert-OH is 1. The maximum Gasteiger partial charge on any atom is 0.0558 e. The van der Waals surface area contributed by atoms with Crippen LogP contribution in [0.4, 0.5) is 5.69 Å². The molecule has 3 N–H and O–H groups in total. The molecule has 5 heteroatoms. The summed E-state index contributed by atoms with van der Waals surface area (Å²) >= 11 is 3.51. The maximum atomic E-state index is 8.97. The summed E-state index contributed by atoms with van der Waals surface area (Å²) in [6, 6.07) is 6.36. The zero-order valence-electron chi connectivity index (χ0n) is 11.3. The van der Waals surface area contributed by atoms with Crippen molar-refractivity contribution < 1.29 is 5.11 Å². The van der Waals surface area contributed by atoms with Gasteiger partial charge in [-0.15, -0.1) is 0 Å². The summed E-state index contributed by atoms with van der Waals surface area (Å²) in [4.78, 5) is 4.68. The number of nitrogens with zero attached hydrogens (tertiary/aromatic N) is 2. The molecule has 0 saturated carbocycles. The van der Waals surface area contributed by atoms with Gasteiger partial charge in [-0.05, 0) is 30.7 Å². The number of hydrogen-bond donors (Lipinski definition) is 2. The molecule has 0 amide bonds. The largest absolute Gasteiger partial charge is 0.395 e. The highest BCUT2D eigenvalue weighted by atomic mass is 79.9. The summed E-state index contributed by atoms with van der Waals surface area (Å²) in [5.41, 5.74) is 8.50. The van der Waals surface area contributed by atoms with Crippen molar-refractivity contribution in [2.75, 3.05) is 44.2 Å². The predicted octanol–water partition coefficient (Wildman–Crippen LogP) is 1.58. The monoisotopic (exact) mass is 327 g/mol. The number of rotatable bonds is 4. The van der Waals surface area contributed by atoms with Crippen LogP contribution in [0.2, 0.25) is 0 Å². The van der Waals surface area contributed by atoms with Gasteiger partial charge in [-0.3, -0.25) is 4.90 Å². The fourth-order valence-corrected chi connectivity index (χ4v) is 2.91. The van der Waals surface area contributed by atoms with Crippen molar-refractivity contribution in [3.63, 3.8) is 0 Å². The van der Waals surface area contributed by atoms with Crippen molar-refractivity contribution in [3.8, 4) is 0 Å². The fraction of sp³-hybridized carbons (Fsp3) is 0.571. The Morgan fingerprint density at radius 1 is 1.32 bits per heavy atom. The minimum Gasteiger partial charge on any atom is -0.395 e. The van der Waals surface area contributed by atoms with Crippen molar-refractivity contribution in [3.05, 3.63) is 28.2 Å². The topological polar surface area (TPSA) is 52.7 Å². The van der Waals surface area contributed by atoms with E-state index in [2.05, 4.69) is 43.9 Å². The van der Waals surface area contributed by atoms with Gasteiger partial charge in [-0.1, -0.05) is 15.9 Å². The highest BCUT2D eigenvalue weighted by Gasteiger charge is 2.19. The molecule has 1 fully saturated rings. The first-order chi connectivity index (χ1) is 9.11. The van der Waals surface area contributed by atoms with Gasteiger partial charge in [0, 0.05) is 48.9 Å².